The van der Waals surface area contributed by atoms with E-state index in [-0.39, 0.29) is 0 Å². The molecule has 7 heteroatoms. The standard InChI is InChI=1S/C19H15ClF3N3/c1-11-5-6-14(10-16(11)20)26-18-15(7-8-24-18)17(25-26)12-3-2-4-13(9-12)19(21,22)23/h2-6,9-10,24H,7-8H2,1H3. The van der Waals surface area contributed by atoms with Gasteiger partial charge in [-0.1, -0.05) is 29.8 Å². The lowest BCUT2D eigenvalue weighted by Crippen LogP contribution is -2.05. The Morgan fingerprint density at radius 1 is 1.15 bits per heavy atom. The summed E-state index contributed by atoms with van der Waals surface area (Å²) in [5.41, 5.74) is 2.97. The largest absolute Gasteiger partial charge is 0.416 e. The molecule has 4 rings (SSSR count). The second kappa shape index (κ2) is 6.06. The third kappa shape index (κ3) is 2.84. The van der Waals surface area contributed by atoms with Crippen LogP contribution in [0, 0.1) is 6.92 Å². The summed E-state index contributed by atoms with van der Waals surface area (Å²) in [5, 5.41) is 8.48. The lowest BCUT2D eigenvalue weighted by atomic mass is 10.0. The second-order valence-corrected chi connectivity index (χ2v) is 6.68. The summed E-state index contributed by atoms with van der Waals surface area (Å²) >= 11 is 6.22. The summed E-state index contributed by atoms with van der Waals surface area (Å²) in [4.78, 5) is 0. The number of benzene rings is 2. The molecule has 0 atom stereocenters. The Morgan fingerprint density at radius 2 is 1.96 bits per heavy atom. The molecule has 0 spiro atoms. The average molecular weight is 378 g/mol. The predicted octanol–water partition coefficient (Wildman–Crippen LogP) is 5.49. The number of hydrogen-bond donors (Lipinski definition) is 1. The quantitative estimate of drug-likeness (QED) is 0.640. The van der Waals surface area contributed by atoms with E-state index in [1.165, 1.54) is 6.07 Å². The summed E-state index contributed by atoms with van der Waals surface area (Å²) in [5.74, 6) is 0.803. The third-order valence-corrected chi connectivity index (χ3v) is 4.92. The molecule has 2 aromatic carbocycles. The van der Waals surface area contributed by atoms with E-state index in [0.29, 0.717) is 22.7 Å². The van der Waals surface area contributed by atoms with Gasteiger partial charge in [0.05, 0.1) is 16.9 Å². The molecule has 0 radical (unpaired) electrons. The zero-order chi connectivity index (χ0) is 18.5. The zero-order valence-electron chi connectivity index (χ0n) is 13.9. The monoisotopic (exact) mass is 377 g/mol. The molecule has 0 saturated heterocycles. The molecule has 1 aromatic heterocycles. The highest BCUT2D eigenvalue weighted by atomic mass is 35.5. The highest BCUT2D eigenvalue weighted by Gasteiger charge is 2.31. The normalized spacial score (nSPS) is 13.6. The van der Waals surface area contributed by atoms with Gasteiger partial charge in [-0.25, -0.2) is 4.68 Å². The first-order valence-electron chi connectivity index (χ1n) is 8.14. The molecule has 2 heterocycles. The van der Waals surface area contributed by atoms with E-state index in [4.69, 9.17) is 11.6 Å². The van der Waals surface area contributed by atoms with Crippen molar-refractivity contribution in [3.8, 4) is 16.9 Å². The fourth-order valence-electron chi connectivity index (χ4n) is 3.15. The first kappa shape index (κ1) is 17.0. The number of rotatable bonds is 2. The van der Waals surface area contributed by atoms with E-state index in [0.717, 1.165) is 41.3 Å². The molecule has 1 aliphatic heterocycles. The van der Waals surface area contributed by atoms with Crippen molar-refractivity contribution in [3.05, 3.63) is 64.2 Å². The maximum atomic E-state index is 13.1. The van der Waals surface area contributed by atoms with Gasteiger partial charge in [0, 0.05) is 22.7 Å². The van der Waals surface area contributed by atoms with Crippen molar-refractivity contribution in [3.63, 3.8) is 0 Å². The van der Waals surface area contributed by atoms with Gasteiger partial charge < -0.3 is 5.32 Å². The summed E-state index contributed by atoms with van der Waals surface area (Å²) < 4.78 is 40.9. The first-order chi connectivity index (χ1) is 12.3. The van der Waals surface area contributed by atoms with E-state index < -0.39 is 11.7 Å². The Kier molecular flexibility index (Phi) is 3.95. The van der Waals surface area contributed by atoms with Crippen molar-refractivity contribution < 1.29 is 13.2 Å². The van der Waals surface area contributed by atoms with E-state index in [1.54, 1.807) is 16.8 Å². The molecule has 0 amide bonds. The number of hydrogen-bond acceptors (Lipinski definition) is 2. The van der Waals surface area contributed by atoms with Crippen LogP contribution in [0.3, 0.4) is 0 Å². The molecule has 1 N–H and O–H groups in total. The number of nitrogens with one attached hydrogen (secondary N) is 1. The van der Waals surface area contributed by atoms with Crippen molar-refractivity contribution in [2.75, 3.05) is 11.9 Å². The predicted molar refractivity (Wildman–Crippen MR) is 95.9 cm³/mol. The van der Waals surface area contributed by atoms with Crippen LogP contribution in [0.1, 0.15) is 16.7 Å². The fraction of sp³-hybridized carbons (Fsp3) is 0.211. The Hall–Kier alpha value is -2.47. The first-order valence-corrected chi connectivity index (χ1v) is 8.52. The van der Waals surface area contributed by atoms with Crippen LogP contribution >= 0.6 is 11.6 Å². The lowest BCUT2D eigenvalue weighted by molar-refractivity contribution is -0.137. The van der Waals surface area contributed by atoms with E-state index in [1.807, 2.05) is 19.1 Å². The lowest BCUT2D eigenvalue weighted by Gasteiger charge is -2.09. The highest BCUT2D eigenvalue weighted by molar-refractivity contribution is 6.31. The van der Waals surface area contributed by atoms with Gasteiger partial charge in [-0.2, -0.15) is 18.3 Å². The molecule has 3 aromatic rings. The van der Waals surface area contributed by atoms with Gasteiger partial charge in [-0.15, -0.1) is 0 Å². The average Bonchev–Trinajstić information content (AvgIpc) is 3.19. The number of aryl methyl sites for hydroxylation is 1. The van der Waals surface area contributed by atoms with Crippen LogP contribution in [0.5, 0.6) is 0 Å². The fourth-order valence-corrected chi connectivity index (χ4v) is 3.32. The van der Waals surface area contributed by atoms with Crippen molar-refractivity contribution in [2.24, 2.45) is 0 Å². The maximum absolute atomic E-state index is 13.1. The molecule has 0 bridgehead atoms. The third-order valence-electron chi connectivity index (χ3n) is 4.51. The van der Waals surface area contributed by atoms with Crippen molar-refractivity contribution in [1.82, 2.24) is 9.78 Å². The van der Waals surface area contributed by atoms with Gasteiger partial charge in [0.25, 0.3) is 0 Å². The Morgan fingerprint density at radius 3 is 2.69 bits per heavy atom. The molecule has 1 aliphatic rings. The van der Waals surface area contributed by atoms with Crippen LogP contribution in [-0.2, 0) is 12.6 Å². The molecular formula is C19H15ClF3N3. The number of aromatic nitrogens is 2. The minimum absolute atomic E-state index is 0.455. The molecule has 26 heavy (non-hydrogen) atoms. The van der Waals surface area contributed by atoms with Gasteiger partial charge in [-0.3, -0.25) is 0 Å². The van der Waals surface area contributed by atoms with Gasteiger partial charge >= 0.3 is 6.18 Å². The van der Waals surface area contributed by atoms with Crippen molar-refractivity contribution >= 4 is 17.4 Å². The maximum Gasteiger partial charge on any atom is 0.416 e. The van der Waals surface area contributed by atoms with Crippen LogP contribution in [0.15, 0.2) is 42.5 Å². The van der Waals surface area contributed by atoms with Crippen LogP contribution < -0.4 is 5.32 Å². The van der Waals surface area contributed by atoms with Gasteiger partial charge in [0.1, 0.15) is 5.82 Å². The van der Waals surface area contributed by atoms with Crippen LogP contribution in [0.25, 0.3) is 16.9 Å². The van der Waals surface area contributed by atoms with Crippen LogP contribution in [-0.4, -0.2) is 16.3 Å². The Labute approximate surface area is 153 Å². The number of nitrogens with zero attached hydrogens (tertiary/aromatic N) is 2. The number of anilines is 1. The van der Waals surface area contributed by atoms with Crippen LogP contribution in [0.4, 0.5) is 19.0 Å². The number of halogens is 4. The second-order valence-electron chi connectivity index (χ2n) is 6.28. The Balaban J connectivity index is 1.86. The Bertz CT molecular complexity index is 992. The number of fused-ring (bicyclic) bond motifs is 1. The van der Waals surface area contributed by atoms with Crippen molar-refractivity contribution in [2.45, 2.75) is 19.5 Å². The minimum Gasteiger partial charge on any atom is -0.369 e. The van der Waals surface area contributed by atoms with Gasteiger partial charge in [0.2, 0.25) is 0 Å². The topological polar surface area (TPSA) is 29.9 Å². The van der Waals surface area contributed by atoms with E-state index in [9.17, 15) is 13.2 Å². The minimum atomic E-state index is -4.38. The molecule has 0 fully saturated rings. The smallest absolute Gasteiger partial charge is 0.369 e. The number of alkyl halides is 3. The molecule has 0 saturated carbocycles. The molecular weight excluding hydrogens is 363 g/mol. The summed E-state index contributed by atoms with van der Waals surface area (Å²) in [7, 11) is 0. The molecule has 3 nitrogen and oxygen atoms in total. The molecule has 134 valence electrons. The van der Waals surface area contributed by atoms with Crippen molar-refractivity contribution in [1.29, 1.82) is 0 Å². The summed E-state index contributed by atoms with van der Waals surface area (Å²) in [6, 6.07) is 10.9. The van der Waals surface area contributed by atoms with Gasteiger partial charge in [-0.05, 0) is 43.2 Å². The summed E-state index contributed by atoms with van der Waals surface area (Å²) in [6.45, 7) is 2.63. The van der Waals surface area contributed by atoms with Gasteiger partial charge in [0.15, 0.2) is 0 Å². The van der Waals surface area contributed by atoms with Crippen LogP contribution in [0.2, 0.25) is 5.02 Å². The SMILES string of the molecule is Cc1ccc(-n2nc(-c3cccc(C(F)(F)F)c3)c3c2NCC3)cc1Cl. The molecule has 0 aliphatic carbocycles. The molecule has 0 unspecified atom stereocenters. The van der Waals surface area contributed by atoms with E-state index in [2.05, 4.69) is 10.4 Å². The summed E-state index contributed by atoms with van der Waals surface area (Å²) in [6.07, 6.45) is -3.68. The van der Waals surface area contributed by atoms with E-state index >= 15 is 0 Å². The zero-order valence-corrected chi connectivity index (χ0v) is 14.6. The highest BCUT2D eigenvalue weighted by Crippen LogP contribution is 2.37.